The van der Waals surface area contributed by atoms with Crippen LogP contribution in [0.15, 0.2) is 24.3 Å². The minimum atomic E-state index is 0. The van der Waals surface area contributed by atoms with Crippen molar-refractivity contribution in [3.8, 4) is 5.75 Å². The third-order valence-electron chi connectivity index (χ3n) is 5.10. The molecule has 0 radical (unpaired) electrons. The van der Waals surface area contributed by atoms with Crippen molar-refractivity contribution in [2.45, 2.75) is 44.9 Å². The number of nitrogens with zero attached hydrogens (tertiary/aromatic N) is 2. The van der Waals surface area contributed by atoms with Crippen LogP contribution in [-0.2, 0) is 6.61 Å². The molecule has 2 aromatic rings. The lowest BCUT2D eigenvalue weighted by Gasteiger charge is -2.27. The molecule has 1 amide bonds. The normalized spacial score (nSPS) is 20.7. The lowest BCUT2D eigenvalue weighted by Crippen LogP contribution is -2.42. The number of benzene rings is 1. The fraction of sp³-hybridized carbons (Fsp3) is 0.474. The van der Waals surface area contributed by atoms with Gasteiger partial charge in [-0.25, -0.2) is 4.98 Å². The summed E-state index contributed by atoms with van der Waals surface area (Å²) >= 11 is 7.34. The molecule has 2 bridgehead atoms. The Hall–Kier alpha value is -1.05. The van der Waals surface area contributed by atoms with Crippen LogP contribution in [0.5, 0.6) is 5.75 Å². The van der Waals surface area contributed by atoms with Crippen molar-refractivity contribution in [1.82, 2.24) is 15.2 Å². The molecular weight excluding hydrogens is 441 g/mol. The van der Waals surface area contributed by atoms with Gasteiger partial charge in [0.2, 0.25) is 0 Å². The Morgan fingerprint density at radius 3 is 2.71 bits per heavy atom. The molecule has 2 atom stereocenters. The first-order chi connectivity index (χ1) is 12.6. The van der Waals surface area contributed by atoms with Gasteiger partial charge < -0.3 is 15.0 Å². The van der Waals surface area contributed by atoms with Crippen molar-refractivity contribution in [1.29, 1.82) is 0 Å². The summed E-state index contributed by atoms with van der Waals surface area (Å²) in [6.07, 6.45) is 3.24. The monoisotopic (exact) mass is 463 g/mol. The van der Waals surface area contributed by atoms with E-state index in [1.807, 2.05) is 19.1 Å². The highest BCUT2D eigenvalue weighted by atomic mass is 35.5. The minimum Gasteiger partial charge on any atom is -0.486 e. The molecule has 2 aliphatic heterocycles. The van der Waals surface area contributed by atoms with Gasteiger partial charge in [0.05, 0.1) is 5.69 Å². The Morgan fingerprint density at radius 1 is 1.25 bits per heavy atom. The first kappa shape index (κ1) is 23.2. The topological polar surface area (TPSA) is 54.5 Å². The molecule has 1 aromatic carbocycles. The van der Waals surface area contributed by atoms with Crippen LogP contribution >= 0.6 is 47.8 Å². The van der Waals surface area contributed by atoms with E-state index < -0.39 is 0 Å². The third-order valence-corrected chi connectivity index (χ3v) is 6.47. The zero-order valence-corrected chi connectivity index (χ0v) is 18.7. The minimum absolute atomic E-state index is 0. The molecule has 9 heteroatoms. The molecule has 2 fully saturated rings. The number of hydrogen-bond donors (Lipinski definition) is 1. The van der Waals surface area contributed by atoms with E-state index in [0.29, 0.717) is 23.7 Å². The van der Waals surface area contributed by atoms with E-state index >= 15 is 0 Å². The van der Waals surface area contributed by atoms with Crippen molar-refractivity contribution in [3.05, 3.63) is 44.9 Å². The van der Waals surface area contributed by atoms with Crippen molar-refractivity contribution in [2.75, 3.05) is 13.1 Å². The molecule has 3 heterocycles. The van der Waals surface area contributed by atoms with Gasteiger partial charge in [0.15, 0.2) is 0 Å². The van der Waals surface area contributed by atoms with E-state index in [2.05, 4.69) is 15.2 Å². The number of halogens is 3. The van der Waals surface area contributed by atoms with Crippen LogP contribution in [0.25, 0.3) is 0 Å². The third kappa shape index (κ3) is 4.92. The van der Waals surface area contributed by atoms with E-state index in [0.717, 1.165) is 53.7 Å². The smallest absolute Gasteiger partial charge is 0.266 e. The summed E-state index contributed by atoms with van der Waals surface area (Å²) in [5.74, 6) is 0.876. The molecule has 0 spiro atoms. The molecule has 0 aliphatic carbocycles. The second-order valence-corrected chi connectivity index (χ2v) is 8.38. The van der Waals surface area contributed by atoms with Gasteiger partial charge >= 0.3 is 0 Å². The lowest BCUT2D eigenvalue weighted by molar-refractivity contribution is 0.0684. The SMILES string of the molecule is Cc1nc(COc2ccc(Cl)cc2)sc1C(=O)N1C2CCNCC1CC2.Cl.Cl. The Labute approximate surface area is 186 Å². The van der Waals surface area contributed by atoms with E-state index in [9.17, 15) is 4.79 Å². The van der Waals surface area contributed by atoms with E-state index in [-0.39, 0.29) is 30.7 Å². The number of nitrogens with one attached hydrogen (secondary N) is 1. The van der Waals surface area contributed by atoms with Crippen molar-refractivity contribution >= 4 is 53.7 Å². The Balaban J connectivity index is 0.00000140. The van der Waals surface area contributed by atoms with Crippen LogP contribution in [0, 0.1) is 6.92 Å². The number of rotatable bonds is 4. The highest BCUT2D eigenvalue weighted by molar-refractivity contribution is 7.13. The number of aryl methyl sites for hydroxylation is 1. The molecule has 1 N–H and O–H groups in total. The van der Waals surface area contributed by atoms with Crippen LogP contribution in [0.1, 0.15) is 39.6 Å². The standard InChI is InChI=1S/C19H22ClN3O2S.2ClH/c1-12-18(19(24)23-14-4-5-15(23)10-21-9-8-14)26-17(22-12)11-25-16-6-2-13(20)3-7-16;;/h2-3,6-7,14-15,21H,4-5,8-11H2,1H3;2*1H. The average molecular weight is 465 g/mol. The quantitative estimate of drug-likeness (QED) is 0.724. The number of thiazole rings is 1. The largest absolute Gasteiger partial charge is 0.486 e. The summed E-state index contributed by atoms with van der Waals surface area (Å²) in [6.45, 7) is 4.15. The number of fused-ring (bicyclic) bond motifs is 2. The fourth-order valence-electron chi connectivity index (χ4n) is 3.82. The van der Waals surface area contributed by atoms with Gasteiger partial charge in [-0.05, 0) is 57.0 Å². The number of carbonyl (C=O) groups excluding carboxylic acids is 1. The summed E-state index contributed by atoms with van der Waals surface area (Å²) in [6, 6.07) is 7.92. The highest BCUT2D eigenvalue weighted by Crippen LogP contribution is 2.32. The van der Waals surface area contributed by atoms with Gasteiger partial charge in [0.25, 0.3) is 5.91 Å². The zero-order chi connectivity index (χ0) is 18.1. The van der Waals surface area contributed by atoms with E-state index in [1.165, 1.54) is 11.3 Å². The maximum Gasteiger partial charge on any atom is 0.266 e. The molecule has 2 unspecified atom stereocenters. The maximum atomic E-state index is 13.2. The molecule has 28 heavy (non-hydrogen) atoms. The second-order valence-electron chi connectivity index (χ2n) is 6.85. The summed E-state index contributed by atoms with van der Waals surface area (Å²) in [5.41, 5.74) is 0.798. The van der Waals surface area contributed by atoms with Crippen molar-refractivity contribution in [3.63, 3.8) is 0 Å². The Morgan fingerprint density at radius 2 is 1.96 bits per heavy atom. The lowest BCUT2D eigenvalue weighted by atomic mass is 10.1. The maximum absolute atomic E-state index is 13.2. The van der Waals surface area contributed by atoms with Crippen LogP contribution in [0.2, 0.25) is 5.02 Å². The highest BCUT2D eigenvalue weighted by Gasteiger charge is 2.39. The molecule has 5 nitrogen and oxygen atoms in total. The molecule has 1 aromatic heterocycles. The molecule has 154 valence electrons. The van der Waals surface area contributed by atoms with Gasteiger partial charge in [0, 0.05) is 23.7 Å². The molecule has 0 saturated carbocycles. The summed E-state index contributed by atoms with van der Waals surface area (Å²) in [4.78, 5) is 20.6. The van der Waals surface area contributed by atoms with E-state index in [1.54, 1.807) is 12.1 Å². The van der Waals surface area contributed by atoms with Crippen LogP contribution in [0.4, 0.5) is 0 Å². The number of carbonyl (C=O) groups is 1. The van der Waals surface area contributed by atoms with Crippen molar-refractivity contribution < 1.29 is 9.53 Å². The van der Waals surface area contributed by atoms with E-state index in [4.69, 9.17) is 16.3 Å². The van der Waals surface area contributed by atoms with Gasteiger partial charge in [0.1, 0.15) is 22.2 Å². The van der Waals surface area contributed by atoms with Crippen LogP contribution in [0.3, 0.4) is 0 Å². The molecule has 4 rings (SSSR count). The number of ether oxygens (including phenoxy) is 1. The number of hydrogen-bond acceptors (Lipinski definition) is 5. The second kappa shape index (κ2) is 10.1. The summed E-state index contributed by atoms with van der Waals surface area (Å²) in [5, 5.41) is 4.94. The van der Waals surface area contributed by atoms with Gasteiger partial charge in [-0.2, -0.15) is 0 Å². The predicted octanol–water partition coefficient (Wildman–Crippen LogP) is 4.49. The molecule has 2 aliphatic rings. The summed E-state index contributed by atoms with van der Waals surface area (Å²) < 4.78 is 5.77. The zero-order valence-electron chi connectivity index (χ0n) is 15.5. The van der Waals surface area contributed by atoms with Crippen LogP contribution in [-0.4, -0.2) is 41.0 Å². The molecule has 2 saturated heterocycles. The number of aromatic nitrogens is 1. The Bertz CT molecular complexity index is 786. The van der Waals surface area contributed by atoms with Crippen LogP contribution < -0.4 is 10.1 Å². The Kier molecular flexibility index (Phi) is 8.40. The average Bonchev–Trinajstić information content (AvgIpc) is 3.12. The molecular formula is C19H24Cl3N3O2S. The predicted molar refractivity (Wildman–Crippen MR) is 118 cm³/mol. The summed E-state index contributed by atoms with van der Waals surface area (Å²) in [7, 11) is 0. The van der Waals surface area contributed by atoms with Gasteiger partial charge in [-0.15, -0.1) is 36.2 Å². The first-order valence-electron chi connectivity index (χ1n) is 9.00. The fourth-order valence-corrected chi connectivity index (χ4v) is 4.87. The first-order valence-corrected chi connectivity index (χ1v) is 10.2. The van der Waals surface area contributed by atoms with Gasteiger partial charge in [-0.1, -0.05) is 11.6 Å². The van der Waals surface area contributed by atoms with Gasteiger partial charge in [-0.3, -0.25) is 4.79 Å². The number of amides is 1. The van der Waals surface area contributed by atoms with Crippen molar-refractivity contribution in [2.24, 2.45) is 0 Å².